The molecule has 4 fully saturated rings. The van der Waals surface area contributed by atoms with E-state index < -0.39 is 5.60 Å². The number of methoxy groups -OCH3 is 1. The molecule has 0 saturated heterocycles. The number of carbonyl (C=O) groups is 1. The Morgan fingerprint density at radius 1 is 1.09 bits per heavy atom. The van der Waals surface area contributed by atoms with Gasteiger partial charge in [-0.15, -0.1) is 0 Å². The van der Waals surface area contributed by atoms with Gasteiger partial charge in [0.25, 0.3) is 0 Å². The number of alkyl carbamates (subject to hydrolysis) is 1. The van der Waals surface area contributed by atoms with Crippen LogP contribution < -0.4 is 10.9 Å². The van der Waals surface area contributed by atoms with E-state index in [1.807, 2.05) is 6.07 Å². The van der Waals surface area contributed by atoms with E-state index in [1.165, 1.54) is 13.2 Å². The van der Waals surface area contributed by atoms with Crippen LogP contribution in [0.4, 0.5) is 4.79 Å². The van der Waals surface area contributed by atoms with E-state index in [-0.39, 0.29) is 34.5 Å². The lowest BCUT2D eigenvalue weighted by molar-refractivity contribution is -0.202. The van der Waals surface area contributed by atoms with Crippen molar-refractivity contribution in [1.82, 2.24) is 5.32 Å². The van der Waals surface area contributed by atoms with E-state index in [1.54, 1.807) is 6.26 Å². The Morgan fingerprint density at radius 2 is 1.91 bits per heavy atom. The average Bonchev–Trinajstić information content (AvgIpc) is 3.06. The molecule has 2 N–H and O–H groups in total. The van der Waals surface area contributed by atoms with Gasteiger partial charge in [-0.2, -0.15) is 0 Å². The van der Waals surface area contributed by atoms with Crippen LogP contribution in [0.5, 0.6) is 0 Å². The van der Waals surface area contributed by atoms with Crippen LogP contribution in [0.3, 0.4) is 0 Å². The van der Waals surface area contributed by atoms with Crippen molar-refractivity contribution in [1.29, 1.82) is 0 Å². The highest BCUT2D eigenvalue weighted by atomic mass is 16.5. The molecule has 1 aromatic heterocycles. The van der Waals surface area contributed by atoms with E-state index >= 15 is 0 Å². The van der Waals surface area contributed by atoms with Crippen LogP contribution in [0.15, 0.2) is 27.6 Å². The first-order chi connectivity index (χ1) is 15.2. The number of rotatable bonds is 2. The van der Waals surface area contributed by atoms with Gasteiger partial charge in [0.05, 0.1) is 19.0 Å². The Bertz CT molecular complexity index is 924. The molecule has 176 valence electrons. The molecule has 1 amide bonds. The molecule has 32 heavy (non-hydrogen) atoms. The standard InChI is InChI=1S/C26H37NO5/c1-24-11-8-18(27-23(29)31-3)14-17(24)5-6-21-20(24)9-12-25(2)19(10-13-26(21,25)30)16-4-7-22(28)32-15-16/h4,7,15,17-21,30H,5-6,8-14H2,1-3H3,(H,27,29)/t17-,18+,19-,20+,21-,24+,25-,26+/m1/s1. The lowest BCUT2D eigenvalue weighted by Crippen LogP contribution is -2.62. The van der Waals surface area contributed by atoms with Crippen LogP contribution in [0, 0.1) is 28.6 Å². The zero-order valence-corrected chi connectivity index (χ0v) is 19.6. The Morgan fingerprint density at radius 3 is 2.62 bits per heavy atom. The van der Waals surface area contributed by atoms with Gasteiger partial charge in [-0.05, 0) is 98.5 Å². The molecule has 6 heteroatoms. The lowest BCUT2D eigenvalue weighted by atomic mass is 9.43. The zero-order chi connectivity index (χ0) is 22.7. The molecule has 0 aromatic carbocycles. The summed E-state index contributed by atoms with van der Waals surface area (Å²) in [4.78, 5) is 23.2. The molecule has 0 aliphatic heterocycles. The summed E-state index contributed by atoms with van der Waals surface area (Å²) in [6.07, 6.45) is 10.4. The van der Waals surface area contributed by atoms with Gasteiger partial charge in [-0.1, -0.05) is 13.8 Å². The molecule has 0 radical (unpaired) electrons. The van der Waals surface area contributed by atoms with Crippen molar-refractivity contribution >= 4 is 6.09 Å². The smallest absolute Gasteiger partial charge is 0.407 e. The summed E-state index contributed by atoms with van der Waals surface area (Å²) >= 11 is 0. The van der Waals surface area contributed by atoms with Gasteiger partial charge < -0.3 is 19.6 Å². The molecular formula is C26H37NO5. The summed E-state index contributed by atoms with van der Waals surface area (Å²) in [5, 5.41) is 15.3. The molecular weight excluding hydrogens is 406 g/mol. The Balaban J connectivity index is 1.39. The van der Waals surface area contributed by atoms with Crippen LogP contribution >= 0.6 is 0 Å². The van der Waals surface area contributed by atoms with E-state index in [0.29, 0.717) is 17.8 Å². The van der Waals surface area contributed by atoms with Crippen molar-refractivity contribution in [2.24, 2.45) is 28.6 Å². The third-order valence-electron chi connectivity index (χ3n) is 10.5. The number of fused-ring (bicyclic) bond motifs is 5. The molecule has 6 nitrogen and oxygen atoms in total. The predicted molar refractivity (Wildman–Crippen MR) is 120 cm³/mol. The molecule has 4 aliphatic rings. The van der Waals surface area contributed by atoms with Crippen molar-refractivity contribution in [3.05, 3.63) is 34.4 Å². The molecule has 4 saturated carbocycles. The fourth-order valence-corrected chi connectivity index (χ4v) is 8.68. The first kappa shape index (κ1) is 22.0. The molecule has 8 atom stereocenters. The summed E-state index contributed by atoms with van der Waals surface area (Å²) in [7, 11) is 1.42. The zero-order valence-electron chi connectivity index (χ0n) is 19.6. The number of hydrogen-bond acceptors (Lipinski definition) is 5. The van der Waals surface area contributed by atoms with Crippen LogP contribution in [0.1, 0.15) is 83.1 Å². The number of hydrogen-bond donors (Lipinski definition) is 2. The van der Waals surface area contributed by atoms with Crippen LogP contribution in [-0.4, -0.2) is 30.0 Å². The highest BCUT2D eigenvalue weighted by Gasteiger charge is 2.67. The Labute approximate surface area is 190 Å². The monoisotopic (exact) mass is 443 g/mol. The second-order valence-corrected chi connectivity index (χ2v) is 11.5. The largest absolute Gasteiger partial charge is 0.453 e. The van der Waals surface area contributed by atoms with Crippen molar-refractivity contribution in [2.75, 3.05) is 7.11 Å². The number of amides is 1. The minimum Gasteiger partial charge on any atom is -0.453 e. The number of aliphatic hydroxyl groups is 1. The maximum atomic E-state index is 12.3. The molecule has 1 heterocycles. The number of carbonyl (C=O) groups excluding carboxylic acids is 1. The predicted octanol–water partition coefficient (Wildman–Crippen LogP) is 4.61. The summed E-state index contributed by atoms with van der Waals surface area (Å²) in [6.45, 7) is 4.73. The van der Waals surface area contributed by atoms with Crippen LogP contribution in [0.2, 0.25) is 0 Å². The van der Waals surface area contributed by atoms with Crippen molar-refractivity contribution in [2.45, 2.75) is 89.2 Å². The number of nitrogens with one attached hydrogen (secondary N) is 1. The van der Waals surface area contributed by atoms with Crippen LogP contribution in [-0.2, 0) is 4.74 Å². The van der Waals surface area contributed by atoms with Gasteiger partial charge in [0, 0.05) is 17.5 Å². The molecule has 0 bridgehead atoms. The topological polar surface area (TPSA) is 88.8 Å². The second-order valence-electron chi connectivity index (χ2n) is 11.5. The molecule has 0 spiro atoms. The van der Waals surface area contributed by atoms with E-state index in [2.05, 4.69) is 19.2 Å². The highest BCUT2D eigenvalue weighted by molar-refractivity contribution is 5.67. The summed E-state index contributed by atoms with van der Waals surface area (Å²) in [5.41, 5.74) is 0.0775. The minimum absolute atomic E-state index is 0.192. The molecule has 0 unspecified atom stereocenters. The van der Waals surface area contributed by atoms with Gasteiger partial charge in [0.1, 0.15) is 0 Å². The van der Waals surface area contributed by atoms with Gasteiger partial charge in [0.2, 0.25) is 0 Å². The normalized spacial score (nSPS) is 45.3. The highest BCUT2D eigenvalue weighted by Crippen LogP contribution is 2.70. The Kier molecular flexibility index (Phi) is 5.23. The third-order valence-corrected chi connectivity index (χ3v) is 10.5. The lowest BCUT2D eigenvalue weighted by Gasteiger charge is -2.63. The molecule has 4 aliphatic carbocycles. The van der Waals surface area contributed by atoms with Crippen LogP contribution in [0.25, 0.3) is 0 Å². The van der Waals surface area contributed by atoms with E-state index in [4.69, 9.17) is 9.15 Å². The Hall–Kier alpha value is -1.82. The summed E-state index contributed by atoms with van der Waals surface area (Å²) in [5.74, 6) is 1.63. The average molecular weight is 444 g/mol. The van der Waals surface area contributed by atoms with Gasteiger partial charge >= 0.3 is 11.7 Å². The number of ether oxygens (including phenoxy) is 1. The van der Waals surface area contributed by atoms with E-state index in [0.717, 1.165) is 63.4 Å². The fourth-order valence-electron chi connectivity index (χ4n) is 8.68. The van der Waals surface area contributed by atoms with Gasteiger partial charge in [-0.25, -0.2) is 9.59 Å². The second kappa shape index (κ2) is 7.61. The maximum Gasteiger partial charge on any atom is 0.407 e. The maximum absolute atomic E-state index is 12.3. The first-order valence-corrected chi connectivity index (χ1v) is 12.4. The van der Waals surface area contributed by atoms with Crippen molar-refractivity contribution in [3.8, 4) is 0 Å². The van der Waals surface area contributed by atoms with Gasteiger partial charge in [0.15, 0.2) is 0 Å². The fraction of sp³-hybridized carbons (Fsp3) is 0.769. The van der Waals surface area contributed by atoms with E-state index in [9.17, 15) is 14.7 Å². The third kappa shape index (κ3) is 3.08. The first-order valence-electron chi connectivity index (χ1n) is 12.4. The summed E-state index contributed by atoms with van der Waals surface area (Å²) < 4.78 is 10.0. The quantitative estimate of drug-likeness (QED) is 0.697. The molecule has 5 rings (SSSR count). The van der Waals surface area contributed by atoms with Crippen molar-refractivity contribution < 1.29 is 19.1 Å². The van der Waals surface area contributed by atoms with Gasteiger partial charge in [-0.3, -0.25) is 0 Å². The van der Waals surface area contributed by atoms with Crippen molar-refractivity contribution in [3.63, 3.8) is 0 Å². The SMILES string of the molecule is COC(=O)N[C@H]1CC[C@@]2(C)[C@H](CC[C@@H]3[C@@H]2CC[C@]2(C)[C@@H](c4ccc(=O)oc4)CC[C@]32O)C1. The molecule has 1 aromatic rings. The minimum atomic E-state index is -0.675. The summed E-state index contributed by atoms with van der Waals surface area (Å²) in [6, 6.07) is 3.60.